The summed E-state index contributed by atoms with van der Waals surface area (Å²) in [4.78, 5) is 13.6. The fourth-order valence-corrected chi connectivity index (χ4v) is 3.79. The van der Waals surface area contributed by atoms with Crippen molar-refractivity contribution < 1.29 is 9.90 Å². The van der Waals surface area contributed by atoms with E-state index in [1.165, 1.54) is 0 Å². The second kappa shape index (κ2) is 7.93. The summed E-state index contributed by atoms with van der Waals surface area (Å²) in [6.45, 7) is 3.42. The molecule has 0 radical (unpaired) electrons. The van der Waals surface area contributed by atoms with Crippen LogP contribution in [0.3, 0.4) is 0 Å². The third-order valence-electron chi connectivity index (χ3n) is 5.29. The van der Waals surface area contributed by atoms with Crippen molar-refractivity contribution in [2.24, 2.45) is 5.92 Å². The summed E-state index contributed by atoms with van der Waals surface area (Å²) in [6.07, 6.45) is 2.60. The van der Waals surface area contributed by atoms with Crippen LogP contribution in [0.25, 0.3) is 0 Å². The number of aromatic carboxylic acids is 1. The van der Waals surface area contributed by atoms with Gasteiger partial charge in [-0.25, -0.2) is 4.79 Å². The van der Waals surface area contributed by atoms with Gasteiger partial charge in [-0.15, -0.1) is 0 Å². The summed E-state index contributed by atoms with van der Waals surface area (Å²) in [7, 11) is 0. The molecule has 1 saturated heterocycles. The molecule has 2 aromatic carbocycles. The number of carbonyl (C=O) groups is 1. The molecule has 27 heavy (non-hydrogen) atoms. The van der Waals surface area contributed by atoms with Gasteiger partial charge in [0.1, 0.15) is 6.07 Å². The second-order valence-electron chi connectivity index (χ2n) is 7.00. The maximum atomic E-state index is 11.4. The van der Waals surface area contributed by atoms with E-state index in [1.807, 2.05) is 24.3 Å². The number of nitrogens with zero attached hydrogens (tertiary/aromatic N) is 3. The monoisotopic (exact) mass is 359 g/mol. The molecule has 5 nitrogen and oxygen atoms in total. The molecule has 5 heteroatoms. The van der Waals surface area contributed by atoms with E-state index >= 15 is 0 Å². The number of carboxylic acid groups (broad SMARTS) is 1. The predicted molar refractivity (Wildman–Crippen MR) is 103 cm³/mol. The van der Waals surface area contributed by atoms with Gasteiger partial charge in [0, 0.05) is 13.1 Å². The molecule has 136 valence electrons. The lowest BCUT2D eigenvalue weighted by Gasteiger charge is -2.34. The molecule has 0 aliphatic carbocycles. The first kappa shape index (κ1) is 18.5. The molecule has 0 amide bonds. The number of anilines is 1. The molecule has 0 spiro atoms. The minimum Gasteiger partial charge on any atom is -0.478 e. The number of nitriles is 2. The van der Waals surface area contributed by atoms with Gasteiger partial charge < -0.3 is 10.0 Å². The van der Waals surface area contributed by atoms with Crippen molar-refractivity contribution in [3.05, 3.63) is 64.2 Å². The topological polar surface area (TPSA) is 88.1 Å². The molecule has 1 fully saturated rings. The Labute approximate surface area is 159 Å². The second-order valence-corrected chi connectivity index (χ2v) is 7.00. The van der Waals surface area contributed by atoms with Gasteiger partial charge in [0.2, 0.25) is 0 Å². The van der Waals surface area contributed by atoms with Crippen LogP contribution in [0.1, 0.15) is 45.5 Å². The highest BCUT2D eigenvalue weighted by atomic mass is 16.4. The van der Waals surface area contributed by atoms with Crippen molar-refractivity contribution in [3.63, 3.8) is 0 Å². The van der Waals surface area contributed by atoms with Crippen molar-refractivity contribution in [1.29, 1.82) is 10.5 Å². The number of para-hydroxylation sites is 1. The van der Waals surface area contributed by atoms with Crippen LogP contribution in [-0.4, -0.2) is 24.2 Å². The minimum absolute atomic E-state index is 0.268. The average Bonchev–Trinajstić information content (AvgIpc) is 2.69. The summed E-state index contributed by atoms with van der Waals surface area (Å²) in [6, 6.07) is 15.4. The summed E-state index contributed by atoms with van der Waals surface area (Å²) < 4.78 is 0. The van der Waals surface area contributed by atoms with E-state index in [0.717, 1.165) is 37.2 Å². The Kier molecular flexibility index (Phi) is 5.43. The number of hydrogen-bond donors (Lipinski definition) is 1. The van der Waals surface area contributed by atoms with Crippen LogP contribution in [0.4, 0.5) is 5.69 Å². The van der Waals surface area contributed by atoms with Crippen LogP contribution in [0.2, 0.25) is 0 Å². The first-order valence-corrected chi connectivity index (χ1v) is 9.04. The SMILES string of the molecule is Cc1cc(C#N)c(CC2CCN(c3ccccc3C#N)CC2)cc1C(=O)O. The number of benzene rings is 2. The smallest absolute Gasteiger partial charge is 0.335 e. The van der Waals surface area contributed by atoms with Crippen molar-refractivity contribution >= 4 is 11.7 Å². The van der Waals surface area contributed by atoms with Gasteiger partial charge >= 0.3 is 5.97 Å². The van der Waals surface area contributed by atoms with Gasteiger partial charge in [0.05, 0.1) is 28.4 Å². The van der Waals surface area contributed by atoms with Crippen LogP contribution >= 0.6 is 0 Å². The molecule has 1 N–H and O–H groups in total. The Morgan fingerprint density at radius 1 is 1.15 bits per heavy atom. The zero-order valence-electron chi connectivity index (χ0n) is 15.3. The molecule has 0 aromatic heterocycles. The summed E-state index contributed by atoms with van der Waals surface area (Å²) in [5.74, 6) is -0.562. The van der Waals surface area contributed by atoms with Crippen molar-refractivity contribution in [1.82, 2.24) is 0 Å². The minimum atomic E-state index is -0.957. The molecule has 1 aliphatic heterocycles. The molecular weight excluding hydrogens is 338 g/mol. The number of piperidine rings is 1. The number of aryl methyl sites for hydroxylation is 1. The highest BCUT2D eigenvalue weighted by molar-refractivity contribution is 5.89. The van der Waals surface area contributed by atoms with Gasteiger partial charge in [-0.05, 0) is 67.5 Å². The molecule has 0 atom stereocenters. The summed E-state index contributed by atoms with van der Waals surface area (Å²) >= 11 is 0. The lowest BCUT2D eigenvalue weighted by molar-refractivity contribution is 0.0696. The van der Waals surface area contributed by atoms with E-state index in [9.17, 15) is 20.4 Å². The van der Waals surface area contributed by atoms with E-state index in [-0.39, 0.29) is 5.56 Å². The van der Waals surface area contributed by atoms with E-state index < -0.39 is 5.97 Å². The molecular formula is C22H21N3O2. The maximum absolute atomic E-state index is 11.4. The fraction of sp³-hybridized carbons (Fsp3) is 0.318. The molecule has 0 saturated carbocycles. The highest BCUT2D eigenvalue weighted by Crippen LogP contribution is 2.29. The van der Waals surface area contributed by atoms with Gasteiger partial charge in [-0.1, -0.05) is 12.1 Å². The van der Waals surface area contributed by atoms with Crippen LogP contribution < -0.4 is 4.90 Å². The van der Waals surface area contributed by atoms with Crippen LogP contribution in [0.5, 0.6) is 0 Å². The normalized spacial score (nSPS) is 14.4. The van der Waals surface area contributed by atoms with Gasteiger partial charge in [0.15, 0.2) is 0 Å². The summed E-state index contributed by atoms with van der Waals surface area (Å²) in [5.41, 5.74) is 3.92. The number of rotatable bonds is 4. The lowest BCUT2D eigenvalue weighted by Crippen LogP contribution is -2.34. The van der Waals surface area contributed by atoms with Crippen LogP contribution in [-0.2, 0) is 6.42 Å². The Hall–Kier alpha value is -3.31. The maximum Gasteiger partial charge on any atom is 0.335 e. The standard InChI is InChI=1S/C22H21N3O2/c1-15-10-19(14-24)18(12-20(15)22(26)27)11-16-6-8-25(9-7-16)21-5-3-2-4-17(21)13-23/h2-5,10,12,16H,6-9,11H2,1H3,(H,26,27). The van der Waals surface area contributed by atoms with Crippen LogP contribution in [0.15, 0.2) is 36.4 Å². The highest BCUT2D eigenvalue weighted by Gasteiger charge is 2.23. The zero-order chi connectivity index (χ0) is 19.4. The zero-order valence-corrected chi connectivity index (χ0v) is 15.3. The van der Waals surface area contributed by atoms with E-state index in [2.05, 4.69) is 17.0 Å². The number of carboxylic acids is 1. The third-order valence-corrected chi connectivity index (χ3v) is 5.29. The van der Waals surface area contributed by atoms with Crippen LogP contribution in [0, 0.1) is 35.5 Å². The first-order chi connectivity index (χ1) is 13.0. The molecule has 1 aliphatic rings. The Morgan fingerprint density at radius 3 is 2.44 bits per heavy atom. The summed E-state index contributed by atoms with van der Waals surface area (Å²) in [5, 5.41) is 28.1. The first-order valence-electron chi connectivity index (χ1n) is 9.04. The molecule has 0 unspecified atom stereocenters. The van der Waals surface area contributed by atoms with E-state index in [1.54, 1.807) is 19.1 Å². The van der Waals surface area contributed by atoms with Crippen molar-refractivity contribution in [2.45, 2.75) is 26.2 Å². The largest absolute Gasteiger partial charge is 0.478 e. The predicted octanol–water partition coefficient (Wildman–Crippen LogP) is 3.90. The Balaban J connectivity index is 1.73. The number of hydrogen-bond acceptors (Lipinski definition) is 4. The fourth-order valence-electron chi connectivity index (χ4n) is 3.79. The molecule has 0 bridgehead atoms. The van der Waals surface area contributed by atoms with Gasteiger partial charge in [0.25, 0.3) is 0 Å². The average molecular weight is 359 g/mol. The molecule has 3 rings (SSSR count). The Morgan fingerprint density at radius 2 is 1.81 bits per heavy atom. The van der Waals surface area contributed by atoms with Gasteiger partial charge in [-0.3, -0.25) is 0 Å². The van der Waals surface area contributed by atoms with E-state index in [4.69, 9.17) is 0 Å². The quantitative estimate of drug-likeness (QED) is 0.894. The molecule has 2 aromatic rings. The lowest BCUT2D eigenvalue weighted by atomic mass is 9.86. The third kappa shape index (κ3) is 3.93. The van der Waals surface area contributed by atoms with Crippen molar-refractivity contribution in [2.75, 3.05) is 18.0 Å². The van der Waals surface area contributed by atoms with Gasteiger partial charge in [-0.2, -0.15) is 10.5 Å². The molecule has 1 heterocycles. The van der Waals surface area contributed by atoms with E-state index in [0.29, 0.717) is 29.0 Å². The van der Waals surface area contributed by atoms with Crippen molar-refractivity contribution in [3.8, 4) is 12.1 Å². The Bertz CT molecular complexity index is 945.